The predicted octanol–water partition coefficient (Wildman–Crippen LogP) is 12.5. The molecule has 0 amide bonds. The second-order valence-electron chi connectivity index (χ2n) is 20.8. The highest BCUT2D eigenvalue weighted by atomic mass is 16.5. The molecule has 5 heterocycles. The Balaban J connectivity index is 1.23. The van der Waals surface area contributed by atoms with Crippen molar-refractivity contribution in [2.45, 2.75) is 189 Å². The molecule has 0 saturated carbocycles. The van der Waals surface area contributed by atoms with Crippen LogP contribution < -0.4 is 10.4 Å². The lowest BCUT2D eigenvalue weighted by atomic mass is 9.84. The minimum atomic E-state index is -1.08. The van der Waals surface area contributed by atoms with Gasteiger partial charge in [-0.05, 0) is 93.0 Å². The molecule has 0 saturated heterocycles. The van der Waals surface area contributed by atoms with Gasteiger partial charge in [0.1, 0.15) is 11.7 Å². The van der Waals surface area contributed by atoms with Gasteiger partial charge >= 0.3 is 11.9 Å². The number of carbonyl (C=O) groups excluding carboxylic acids is 2. The number of nitrogens with one attached hydrogen (secondary N) is 2. The van der Waals surface area contributed by atoms with Crippen molar-refractivity contribution in [1.82, 2.24) is 19.9 Å². The number of nitrogens with zero attached hydrogens (tertiary/aromatic N) is 2. The summed E-state index contributed by atoms with van der Waals surface area (Å²) in [5.41, 5.74) is 8.55. The zero-order valence-electron chi connectivity index (χ0n) is 41.7. The van der Waals surface area contributed by atoms with Gasteiger partial charge in [-0.15, -0.1) is 0 Å². The Kier molecular flexibility index (Phi) is 16.7. The van der Waals surface area contributed by atoms with E-state index in [1.54, 1.807) is 6.92 Å². The molecule has 8 atom stereocenters. The van der Waals surface area contributed by atoms with E-state index in [2.05, 4.69) is 77.5 Å². The Labute approximate surface area is 388 Å². The van der Waals surface area contributed by atoms with Crippen molar-refractivity contribution in [3.63, 3.8) is 0 Å². The first-order chi connectivity index (χ1) is 30.9. The van der Waals surface area contributed by atoms with Crippen LogP contribution in [0.1, 0.15) is 215 Å². The highest BCUT2D eigenvalue weighted by Crippen LogP contribution is 2.46. The van der Waals surface area contributed by atoms with E-state index in [0.717, 1.165) is 87.0 Å². The summed E-state index contributed by atoms with van der Waals surface area (Å²) in [6.45, 7) is 24.2. The third kappa shape index (κ3) is 11.2. The van der Waals surface area contributed by atoms with Crippen molar-refractivity contribution in [3.05, 3.63) is 68.1 Å². The van der Waals surface area contributed by atoms with Crippen LogP contribution in [-0.4, -0.2) is 55.8 Å². The molecular weight excluding hydrogens is 813 g/mol. The Bertz CT molecular complexity index is 2480. The fourth-order valence-corrected chi connectivity index (χ4v) is 11.0. The van der Waals surface area contributed by atoms with Crippen LogP contribution in [0.5, 0.6) is 0 Å². The molecular formula is C55H80N4O6. The zero-order valence-corrected chi connectivity index (χ0v) is 41.7. The predicted molar refractivity (Wildman–Crippen MR) is 264 cm³/mol. The Morgan fingerprint density at radius 1 is 0.754 bits per heavy atom. The number of ether oxygens (including phenoxy) is 2. The fraction of sp³-hybridized carbons (Fsp3) is 0.636. The van der Waals surface area contributed by atoms with Crippen LogP contribution in [0.3, 0.4) is 0 Å². The molecule has 2 aliphatic heterocycles. The number of aliphatic hydroxyl groups excluding tert-OH is 2. The average molecular weight is 893 g/mol. The number of aromatic nitrogens is 4. The average Bonchev–Trinajstić information content (AvgIpc) is 4.00. The van der Waals surface area contributed by atoms with Crippen molar-refractivity contribution in [2.24, 2.45) is 23.7 Å². The highest BCUT2D eigenvalue weighted by molar-refractivity contribution is 5.96. The van der Waals surface area contributed by atoms with Gasteiger partial charge in [0.25, 0.3) is 0 Å². The SMILES string of the molecule is CC[C@H]1c2cc3[nH]c4c(c5nc(cc6[nH]c(cc(n2)[C@@H]1C)c(=C(C)O)c6C)[C@@H](C)[C@@H]5CCC(=O)OCCC(C)CCC[C@@H](C)CCC[C@H](C)CCCC(C)C)[C@@H](C(=O)OC)C(O)=c4c3C. The first kappa shape index (κ1) is 49.8. The molecule has 4 N–H and O–H groups in total. The summed E-state index contributed by atoms with van der Waals surface area (Å²) in [4.78, 5) is 44.8. The summed E-state index contributed by atoms with van der Waals surface area (Å²) in [5, 5.41) is 24.2. The van der Waals surface area contributed by atoms with Crippen LogP contribution in [0.4, 0.5) is 0 Å². The molecule has 0 spiro atoms. The van der Waals surface area contributed by atoms with Gasteiger partial charge in [-0.3, -0.25) is 19.6 Å². The number of methoxy groups -OCH3 is 1. The second-order valence-corrected chi connectivity index (χ2v) is 20.8. The van der Waals surface area contributed by atoms with Crippen LogP contribution in [0.25, 0.3) is 33.6 Å². The molecule has 0 radical (unpaired) electrons. The van der Waals surface area contributed by atoms with Crippen LogP contribution in [-0.2, 0) is 19.1 Å². The molecule has 0 aromatic carbocycles. The van der Waals surface area contributed by atoms with E-state index < -0.39 is 11.9 Å². The minimum Gasteiger partial charge on any atom is -0.512 e. The van der Waals surface area contributed by atoms with Crippen LogP contribution in [0.2, 0.25) is 0 Å². The maximum atomic E-state index is 13.7. The van der Waals surface area contributed by atoms with Crippen molar-refractivity contribution >= 4 is 45.5 Å². The number of aromatic amines is 2. The summed E-state index contributed by atoms with van der Waals surface area (Å²) in [5.74, 6) is 0.918. The molecule has 0 fully saturated rings. The van der Waals surface area contributed by atoms with Crippen LogP contribution >= 0.6 is 0 Å². The molecule has 6 rings (SSSR count). The first-order valence-electron chi connectivity index (χ1n) is 25.1. The lowest BCUT2D eigenvalue weighted by Gasteiger charge is -2.19. The minimum absolute atomic E-state index is 0.0683. The van der Waals surface area contributed by atoms with E-state index >= 15 is 0 Å². The van der Waals surface area contributed by atoms with Gasteiger partial charge in [0, 0.05) is 74.2 Å². The van der Waals surface area contributed by atoms with Gasteiger partial charge in [0.2, 0.25) is 0 Å². The van der Waals surface area contributed by atoms with E-state index in [4.69, 9.17) is 19.4 Å². The third-order valence-electron chi connectivity index (χ3n) is 15.3. The van der Waals surface area contributed by atoms with Gasteiger partial charge in [0.15, 0.2) is 0 Å². The maximum Gasteiger partial charge on any atom is 0.321 e. The van der Waals surface area contributed by atoms with Crippen LogP contribution in [0.15, 0.2) is 18.2 Å². The van der Waals surface area contributed by atoms with Gasteiger partial charge < -0.3 is 29.7 Å². The summed E-state index contributed by atoms with van der Waals surface area (Å²) in [6, 6.07) is 6.14. The molecule has 10 nitrogen and oxygen atoms in total. The zero-order chi connectivity index (χ0) is 47.3. The van der Waals surface area contributed by atoms with Gasteiger partial charge in [-0.25, -0.2) is 0 Å². The Hall–Kier alpha value is -4.60. The Morgan fingerprint density at radius 3 is 1.91 bits per heavy atom. The smallest absolute Gasteiger partial charge is 0.321 e. The maximum absolute atomic E-state index is 13.7. The van der Waals surface area contributed by atoms with E-state index in [1.807, 2.05) is 19.9 Å². The third-order valence-corrected chi connectivity index (χ3v) is 15.3. The molecule has 3 aromatic rings. The molecule has 356 valence electrons. The number of H-pyrrole nitrogens is 2. The van der Waals surface area contributed by atoms with E-state index in [1.165, 1.54) is 58.5 Å². The summed E-state index contributed by atoms with van der Waals surface area (Å²) >= 11 is 0. The standard InChI is InChI=1S/C55H80N4O6/c1-13-39-34(7)41-29-46-48(38(11)60)36(9)43(57-46)27-42-35(8)40(52(58-42)50-51(55(63)64-12)54(62)49-37(10)44(59-53(49)50)28-45(39)56-41)23-24-47(61)65-26-25-33(6)22-16-21-32(5)20-15-19-31(4)18-14-17-30(2)3/h27-35,39-40,51,57,59-60,62H,13-26H2,1-12H3/t31-,32+,33?,34-,35+,39-,40+,51-/m1/s1. The monoisotopic (exact) mass is 893 g/mol. The van der Waals surface area contributed by atoms with Crippen molar-refractivity contribution in [3.8, 4) is 0 Å². The first-order valence-corrected chi connectivity index (χ1v) is 25.1. The molecule has 10 heteroatoms. The van der Waals surface area contributed by atoms with E-state index in [9.17, 15) is 19.8 Å². The number of carbonyl (C=O) groups is 2. The van der Waals surface area contributed by atoms with Gasteiger partial charge in [-0.1, -0.05) is 113 Å². The molecule has 65 heavy (non-hydrogen) atoms. The second kappa shape index (κ2) is 21.8. The largest absolute Gasteiger partial charge is 0.512 e. The number of aliphatic hydroxyl groups is 2. The molecule has 1 aliphatic carbocycles. The summed E-state index contributed by atoms with van der Waals surface area (Å²) in [7, 11) is 1.33. The molecule has 3 aliphatic rings. The number of aryl methyl sites for hydroxylation is 2. The fourth-order valence-electron chi connectivity index (χ4n) is 11.0. The van der Waals surface area contributed by atoms with E-state index in [0.29, 0.717) is 40.9 Å². The number of esters is 2. The van der Waals surface area contributed by atoms with Gasteiger partial charge in [0.05, 0.1) is 36.2 Å². The molecule has 3 aromatic heterocycles. The van der Waals surface area contributed by atoms with Crippen LogP contribution in [0, 0.1) is 37.5 Å². The lowest BCUT2D eigenvalue weighted by Crippen LogP contribution is -2.18. The van der Waals surface area contributed by atoms with Gasteiger partial charge in [-0.2, -0.15) is 0 Å². The number of hydrogen-bond donors (Lipinski definition) is 4. The number of rotatable bonds is 20. The Morgan fingerprint density at radius 2 is 1.31 bits per heavy atom. The quantitative estimate of drug-likeness (QED) is 0.0819. The summed E-state index contributed by atoms with van der Waals surface area (Å²) in [6.07, 6.45) is 13.9. The normalized spacial score (nSPS) is 21.1. The summed E-state index contributed by atoms with van der Waals surface area (Å²) < 4.78 is 11.2. The van der Waals surface area contributed by atoms with Crippen molar-refractivity contribution in [1.29, 1.82) is 0 Å². The molecule has 1 unspecified atom stereocenters. The molecule has 8 bridgehead atoms. The number of hydrogen-bond acceptors (Lipinski definition) is 8. The number of fused-ring (bicyclic) bond motifs is 8. The van der Waals surface area contributed by atoms with Crippen molar-refractivity contribution < 1.29 is 29.3 Å². The lowest BCUT2D eigenvalue weighted by molar-refractivity contribution is -0.144. The van der Waals surface area contributed by atoms with E-state index in [-0.39, 0.29) is 47.6 Å². The highest BCUT2D eigenvalue weighted by Gasteiger charge is 2.42. The topological polar surface area (TPSA) is 150 Å². The van der Waals surface area contributed by atoms with Crippen molar-refractivity contribution in [2.75, 3.05) is 13.7 Å².